The topological polar surface area (TPSA) is 0 Å². The van der Waals surface area contributed by atoms with E-state index in [1.165, 1.54) is 19.3 Å². The summed E-state index contributed by atoms with van der Waals surface area (Å²) in [5, 5.41) is 0. The van der Waals surface area contributed by atoms with Gasteiger partial charge in [0, 0.05) is 0 Å². The molecule has 0 aromatic heterocycles. The zero-order valence-electron chi connectivity index (χ0n) is 9.16. The fourth-order valence-electron chi connectivity index (χ4n) is 0.911. The van der Waals surface area contributed by atoms with Gasteiger partial charge in [0.05, 0.1) is 0 Å². The largest absolute Gasteiger partial charge is 0.0845 e. The van der Waals surface area contributed by atoms with Crippen molar-refractivity contribution in [2.24, 2.45) is 5.92 Å². The van der Waals surface area contributed by atoms with E-state index >= 15 is 0 Å². The molecule has 0 rings (SSSR count). The zero-order chi connectivity index (χ0) is 9.94. The minimum absolute atomic E-state index is 0.647. The predicted molar refractivity (Wildman–Crippen MR) is 61.8 cm³/mol. The summed E-state index contributed by atoms with van der Waals surface area (Å²) in [7, 11) is 0. The first kappa shape index (κ1) is 12.2. The third-order valence-electron chi connectivity index (χ3n) is 1.69. The van der Waals surface area contributed by atoms with Crippen LogP contribution in [0.25, 0.3) is 0 Å². The van der Waals surface area contributed by atoms with Gasteiger partial charge < -0.3 is 0 Å². The van der Waals surface area contributed by atoms with Crippen LogP contribution in [-0.2, 0) is 0 Å². The van der Waals surface area contributed by atoms with E-state index in [4.69, 9.17) is 0 Å². The second-order valence-electron chi connectivity index (χ2n) is 3.58. The highest BCUT2D eigenvalue weighted by atomic mass is 13.8. The molecule has 0 aliphatic carbocycles. The normalized spacial score (nSPS) is 12.9. The molecular formula is C13H22. The Labute approximate surface area is 83.0 Å². The minimum Gasteiger partial charge on any atom is -0.0845 e. The van der Waals surface area contributed by atoms with Crippen LogP contribution in [0.15, 0.2) is 36.5 Å². The summed E-state index contributed by atoms with van der Waals surface area (Å²) in [6.07, 6.45) is 16.6. The molecule has 0 radical (unpaired) electrons. The molecule has 0 amide bonds. The van der Waals surface area contributed by atoms with Crippen LogP contribution >= 0.6 is 0 Å². The molecule has 0 heterocycles. The summed E-state index contributed by atoms with van der Waals surface area (Å²) in [5.74, 6) is 0.647. The summed E-state index contributed by atoms with van der Waals surface area (Å²) < 4.78 is 0. The van der Waals surface area contributed by atoms with Gasteiger partial charge >= 0.3 is 0 Å². The zero-order valence-corrected chi connectivity index (χ0v) is 9.16. The average molecular weight is 178 g/mol. The number of hydrogen-bond donors (Lipinski definition) is 0. The molecule has 0 spiro atoms. The fraction of sp³-hybridized carbons (Fsp3) is 0.538. The Morgan fingerprint density at radius 1 is 1.00 bits per heavy atom. The van der Waals surface area contributed by atoms with Crippen LogP contribution in [0, 0.1) is 5.92 Å². The number of hydrogen-bond acceptors (Lipinski definition) is 0. The Hall–Kier alpha value is -0.780. The van der Waals surface area contributed by atoms with Gasteiger partial charge in [-0.15, -0.1) is 0 Å². The first-order chi connectivity index (χ1) is 6.27. The SMILES string of the molecule is CCCC/C=C/C=C/C=C/C(C)C. The van der Waals surface area contributed by atoms with Crippen LogP contribution in [0.5, 0.6) is 0 Å². The molecule has 0 aliphatic heterocycles. The van der Waals surface area contributed by atoms with E-state index in [2.05, 4.69) is 57.2 Å². The third kappa shape index (κ3) is 11.2. The molecule has 0 aliphatic rings. The van der Waals surface area contributed by atoms with E-state index < -0.39 is 0 Å². The third-order valence-corrected chi connectivity index (χ3v) is 1.69. The van der Waals surface area contributed by atoms with E-state index in [-0.39, 0.29) is 0 Å². The van der Waals surface area contributed by atoms with Gasteiger partial charge in [0.1, 0.15) is 0 Å². The van der Waals surface area contributed by atoms with Gasteiger partial charge in [0.25, 0.3) is 0 Å². The first-order valence-electron chi connectivity index (χ1n) is 5.27. The molecule has 0 unspecified atom stereocenters. The average Bonchev–Trinajstić information content (AvgIpc) is 2.09. The van der Waals surface area contributed by atoms with Crippen molar-refractivity contribution in [2.75, 3.05) is 0 Å². The molecule has 0 saturated carbocycles. The molecule has 0 aromatic rings. The molecule has 0 fully saturated rings. The lowest BCUT2D eigenvalue weighted by Gasteiger charge is -1.88. The molecule has 0 bridgehead atoms. The molecule has 0 N–H and O–H groups in total. The van der Waals surface area contributed by atoms with Crippen molar-refractivity contribution in [3.8, 4) is 0 Å². The number of rotatable bonds is 6. The van der Waals surface area contributed by atoms with Crippen molar-refractivity contribution in [1.82, 2.24) is 0 Å². The van der Waals surface area contributed by atoms with E-state index in [0.29, 0.717) is 5.92 Å². The lowest BCUT2D eigenvalue weighted by Crippen LogP contribution is -1.74. The molecule has 0 saturated heterocycles. The van der Waals surface area contributed by atoms with Gasteiger partial charge in [0.2, 0.25) is 0 Å². The Kier molecular flexibility index (Phi) is 8.75. The predicted octanol–water partition coefficient (Wildman–Crippen LogP) is 4.50. The van der Waals surface area contributed by atoms with Gasteiger partial charge in [-0.3, -0.25) is 0 Å². The summed E-state index contributed by atoms with van der Waals surface area (Å²) >= 11 is 0. The highest BCUT2D eigenvalue weighted by molar-refractivity contribution is 5.11. The molecule has 0 nitrogen and oxygen atoms in total. The van der Waals surface area contributed by atoms with E-state index in [1.807, 2.05) is 0 Å². The molecule has 13 heavy (non-hydrogen) atoms. The van der Waals surface area contributed by atoms with Crippen LogP contribution in [0.1, 0.15) is 40.0 Å². The Morgan fingerprint density at radius 2 is 1.69 bits per heavy atom. The van der Waals surface area contributed by atoms with Crippen molar-refractivity contribution >= 4 is 0 Å². The molecule has 0 aromatic carbocycles. The van der Waals surface area contributed by atoms with E-state index in [9.17, 15) is 0 Å². The van der Waals surface area contributed by atoms with Crippen molar-refractivity contribution in [2.45, 2.75) is 40.0 Å². The van der Waals surface area contributed by atoms with Crippen molar-refractivity contribution in [1.29, 1.82) is 0 Å². The maximum atomic E-state index is 2.23. The van der Waals surface area contributed by atoms with Gasteiger partial charge in [-0.1, -0.05) is 70.1 Å². The second-order valence-corrected chi connectivity index (χ2v) is 3.58. The number of allylic oxidation sites excluding steroid dienone is 6. The fourth-order valence-corrected chi connectivity index (χ4v) is 0.911. The Morgan fingerprint density at radius 3 is 2.31 bits per heavy atom. The van der Waals surface area contributed by atoms with Crippen molar-refractivity contribution in [3.63, 3.8) is 0 Å². The molecule has 0 heteroatoms. The maximum absolute atomic E-state index is 2.23. The van der Waals surface area contributed by atoms with Crippen molar-refractivity contribution < 1.29 is 0 Å². The van der Waals surface area contributed by atoms with Crippen LogP contribution in [0.2, 0.25) is 0 Å². The van der Waals surface area contributed by atoms with Crippen LogP contribution in [0.4, 0.5) is 0 Å². The highest BCUT2D eigenvalue weighted by Gasteiger charge is 1.78. The van der Waals surface area contributed by atoms with Gasteiger partial charge in [-0.25, -0.2) is 0 Å². The minimum atomic E-state index is 0.647. The molecule has 74 valence electrons. The van der Waals surface area contributed by atoms with E-state index in [0.717, 1.165) is 0 Å². The monoisotopic (exact) mass is 178 g/mol. The maximum Gasteiger partial charge on any atom is -0.0287 e. The lowest BCUT2D eigenvalue weighted by atomic mass is 10.2. The van der Waals surface area contributed by atoms with Gasteiger partial charge in [-0.05, 0) is 12.3 Å². The highest BCUT2D eigenvalue weighted by Crippen LogP contribution is 1.96. The summed E-state index contributed by atoms with van der Waals surface area (Å²) in [6.45, 7) is 6.58. The summed E-state index contributed by atoms with van der Waals surface area (Å²) in [6, 6.07) is 0. The smallest absolute Gasteiger partial charge is 0.0287 e. The lowest BCUT2D eigenvalue weighted by molar-refractivity contribution is 0.815. The second kappa shape index (κ2) is 9.31. The standard InChI is InChI=1S/C13H22/c1-4-5-6-7-8-9-10-11-12-13(2)3/h7-13H,4-6H2,1-3H3/b8-7+,10-9+,12-11+. The Balaban J connectivity index is 3.45. The molecule has 0 atom stereocenters. The quantitative estimate of drug-likeness (QED) is 0.415. The summed E-state index contributed by atoms with van der Waals surface area (Å²) in [5.41, 5.74) is 0. The first-order valence-corrected chi connectivity index (χ1v) is 5.27. The van der Waals surface area contributed by atoms with Crippen molar-refractivity contribution in [3.05, 3.63) is 36.5 Å². The number of unbranched alkanes of at least 4 members (excludes halogenated alkanes) is 2. The summed E-state index contributed by atoms with van der Waals surface area (Å²) in [4.78, 5) is 0. The van der Waals surface area contributed by atoms with Crippen LogP contribution in [0.3, 0.4) is 0 Å². The van der Waals surface area contributed by atoms with E-state index in [1.54, 1.807) is 0 Å². The Bertz CT molecular complexity index is 170. The van der Waals surface area contributed by atoms with Gasteiger partial charge in [0.15, 0.2) is 0 Å². The molecular weight excluding hydrogens is 156 g/mol. The van der Waals surface area contributed by atoms with Crippen LogP contribution < -0.4 is 0 Å². The van der Waals surface area contributed by atoms with Gasteiger partial charge in [-0.2, -0.15) is 0 Å². The van der Waals surface area contributed by atoms with Crippen LogP contribution in [-0.4, -0.2) is 0 Å².